The first-order valence-corrected chi connectivity index (χ1v) is 6.16. The van der Waals surface area contributed by atoms with E-state index in [1.807, 2.05) is 0 Å². The highest BCUT2D eigenvalue weighted by atomic mass is 19.3. The molecule has 116 valence electrons. The summed E-state index contributed by atoms with van der Waals surface area (Å²) in [6.07, 6.45) is 1.31. The summed E-state index contributed by atoms with van der Waals surface area (Å²) in [6, 6.07) is 2.70. The Hall–Kier alpha value is -2.84. The molecule has 0 fully saturated rings. The number of nitrogens with one attached hydrogen (secondary N) is 1. The summed E-state index contributed by atoms with van der Waals surface area (Å²) >= 11 is 0. The van der Waals surface area contributed by atoms with Crippen molar-refractivity contribution in [3.8, 4) is 0 Å². The van der Waals surface area contributed by atoms with Gasteiger partial charge in [-0.1, -0.05) is 0 Å². The maximum Gasteiger partial charge on any atom is 0.339 e. The number of ether oxygens (including phenoxy) is 1. The third kappa shape index (κ3) is 3.84. The minimum absolute atomic E-state index is 0.117. The number of halogens is 2. The van der Waals surface area contributed by atoms with Gasteiger partial charge >= 0.3 is 5.97 Å². The van der Waals surface area contributed by atoms with E-state index < -0.39 is 24.8 Å². The lowest BCUT2D eigenvalue weighted by molar-refractivity contribution is 0.0600. The fourth-order valence-electron chi connectivity index (χ4n) is 1.65. The molecule has 2 heterocycles. The average Bonchev–Trinajstić information content (AvgIpc) is 2.92. The Bertz CT molecular complexity index is 687. The largest absolute Gasteiger partial charge is 0.465 e. The molecule has 0 aliphatic carbocycles. The van der Waals surface area contributed by atoms with E-state index in [1.165, 1.54) is 37.8 Å². The molecule has 7 nitrogen and oxygen atoms in total. The standard InChI is InChI=1S/C13H12F2N4O3/c1-22-13(21)9-4-8(5-16-6-9)12(20)17-11-2-3-19(18-11)7-10(14)15/h2-6,10H,7H2,1H3,(H,17,18,20). The number of rotatable bonds is 5. The molecular weight excluding hydrogens is 298 g/mol. The van der Waals surface area contributed by atoms with Crippen LogP contribution in [0.15, 0.2) is 30.7 Å². The van der Waals surface area contributed by atoms with Gasteiger partial charge in [0.2, 0.25) is 0 Å². The van der Waals surface area contributed by atoms with E-state index in [0.717, 1.165) is 4.68 Å². The molecule has 22 heavy (non-hydrogen) atoms. The number of amides is 1. The molecule has 0 saturated heterocycles. The van der Waals surface area contributed by atoms with Gasteiger partial charge in [0.25, 0.3) is 12.3 Å². The molecule has 0 atom stereocenters. The summed E-state index contributed by atoms with van der Waals surface area (Å²) in [5.74, 6) is -1.07. The molecule has 1 N–H and O–H groups in total. The van der Waals surface area contributed by atoms with Crippen molar-refractivity contribution in [3.63, 3.8) is 0 Å². The molecule has 0 radical (unpaired) electrons. The van der Waals surface area contributed by atoms with Gasteiger partial charge in [-0.05, 0) is 6.07 Å². The van der Waals surface area contributed by atoms with Crippen molar-refractivity contribution >= 4 is 17.7 Å². The van der Waals surface area contributed by atoms with Gasteiger partial charge in [0.15, 0.2) is 5.82 Å². The van der Waals surface area contributed by atoms with Crippen LogP contribution in [0.3, 0.4) is 0 Å². The van der Waals surface area contributed by atoms with Gasteiger partial charge in [0.1, 0.15) is 6.54 Å². The predicted molar refractivity (Wildman–Crippen MR) is 71.8 cm³/mol. The van der Waals surface area contributed by atoms with Gasteiger partial charge in [-0.2, -0.15) is 5.10 Å². The van der Waals surface area contributed by atoms with Crippen molar-refractivity contribution in [2.75, 3.05) is 12.4 Å². The van der Waals surface area contributed by atoms with Crippen LogP contribution >= 0.6 is 0 Å². The van der Waals surface area contributed by atoms with E-state index in [2.05, 4.69) is 20.1 Å². The lowest BCUT2D eigenvalue weighted by atomic mass is 10.2. The quantitative estimate of drug-likeness (QED) is 0.847. The van der Waals surface area contributed by atoms with Crippen molar-refractivity contribution in [2.45, 2.75) is 13.0 Å². The van der Waals surface area contributed by atoms with Crippen LogP contribution in [-0.2, 0) is 11.3 Å². The number of alkyl halides is 2. The van der Waals surface area contributed by atoms with E-state index in [4.69, 9.17) is 0 Å². The smallest absolute Gasteiger partial charge is 0.339 e. The second-order valence-corrected chi connectivity index (χ2v) is 4.22. The first-order valence-electron chi connectivity index (χ1n) is 6.16. The summed E-state index contributed by atoms with van der Waals surface area (Å²) in [6.45, 7) is -0.560. The van der Waals surface area contributed by atoms with Gasteiger partial charge in [0.05, 0.1) is 18.2 Å². The summed E-state index contributed by atoms with van der Waals surface area (Å²) in [5, 5.41) is 6.21. The number of methoxy groups -OCH3 is 1. The van der Waals surface area contributed by atoms with Crippen LogP contribution in [0.5, 0.6) is 0 Å². The maximum absolute atomic E-state index is 12.2. The number of carbonyl (C=O) groups excluding carboxylic acids is 2. The Labute approximate surface area is 123 Å². The highest BCUT2D eigenvalue weighted by Crippen LogP contribution is 2.09. The lowest BCUT2D eigenvalue weighted by Gasteiger charge is -2.04. The molecule has 0 aliphatic rings. The second-order valence-electron chi connectivity index (χ2n) is 4.22. The highest BCUT2D eigenvalue weighted by molar-refractivity contribution is 6.04. The molecule has 0 saturated carbocycles. The molecule has 0 aromatic carbocycles. The number of esters is 1. The lowest BCUT2D eigenvalue weighted by Crippen LogP contribution is -2.15. The fraction of sp³-hybridized carbons (Fsp3) is 0.231. The van der Waals surface area contributed by atoms with Crippen LogP contribution in [0, 0.1) is 0 Å². The zero-order valence-corrected chi connectivity index (χ0v) is 11.5. The van der Waals surface area contributed by atoms with Crippen molar-refractivity contribution in [1.29, 1.82) is 0 Å². The first-order chi connectivity index (χ1) is 10.5. The summed E-state index contributed by atoms with van der Waals surface area (Å²) in [5.41, 5.74) is 0.240. The predicted octanol–water partition coefficient (Wildman–Crippen LogP) is 1.58. The summed E-state index contributed by atoms with van der Waals surface area (Å²) in [4.78, 5) is 27.2. The highest BCUT2D eigenvalue weighted by Gasteiger charge is 2.13. The van der Waals surface area contributed by atoms with Crippen molar-refractivity contribution in [2.24, 2.45) is 0 Å². The zero-order chi connectivity index (χ0) is 16.1. The molecule has 2 rings (SSSR count). The molecule has 9 heteroatoms. The zero-order valence-electron chi connectivity index (χ0n) is 11.5. The molecule has 0 bridgehead atoms. The third-order valence-corrected chi connectivity index (χ3v) is 2.63. The minimum Gasteiger partial charge on any atom is -0.465 e. The number of nitrogens with zero attached hydrogens (tertiary/aromatic N) is 3. The number of hydrogen-bond donors (Lipinski definition) is 1. The second kappa shape index (κ2) is 6.74. The average molecular weight is 310 g/mol. The van der Waals surface area contributed by atoms with Gasteiger partial charge in [-0.3, -0.25) is 14.5 Å². The molecule has 0 aliphatic heterocycles. The van der Waals surface area contributed by atoms with Crippen LogP contribution in [0.1, 0.15) is 20.7 Å². The van der Waals surface area contributed by atoms with Crippen LogP contribution in [0.4, 0.5) is 14.6 Å². The van der Waals surface area contributed by atoms with Crippen LogP contribution in [0.25, 0.3) is 0 Å². The van der Waals surface area contributed by atoms with Crippen LogP contribution in [0.2, 0.25) is 0 Å². The number of carbonyl (C=O) groups is 2. The molecule has 0 spiro atoms. The number of anilines is 1. The Morgan fingerprint density at radius 3 is 2.77 bits per heavy atom. The van der Waals surface area contributed by atoms with E-state index in [-0.39, 0.29) is 16.9 Å². The number of hydrogen-bond acceptors (Lipinski definition) is 5. The van der Waals surface area contributed by atoms with Gasteiger partial charge in [-0.25, -0.2) is 13.6 Å². The van der Waals surface area contributed by atoms with E-state index in [0.29, 0.717) is 0 Å². The number of aromatic nitrogens is 3. The molecule has 2 aromatic rings. The summed E-state index contributed by atoms with van der Waals surface area (Å²) in [7, 11) is 1.21. The SMILES string of the molecule is COC(=O)c1cncc(C(=O)Nc2ccn(CC(F)F)n2)c1. The topological polar surface area (TPSA) is 86.1 Å². The van der Waals surface area contributed by atoms with E-state index >= 15 is 0 Å². The van der Waals surface area contributed by atoms with E-state index in [1.54, 1.807) is 0 Å². The third-order valence-electron chi connectivity index (χ3n) is 2.63. The van der Waals surface area contributed by atoms with E-state index in [9.17, 15) is 18.4 Å². The van der Waals surface area contributed by atoms with Crippen LogP contribution in [-0.4, -0.2) is 40.2 Å². The van der Waals surface area contributed by atoms with Gasteiger partial charge in [-0.15, -0.1) is 0 Å². The summed E-state index contributed by atoms with van der Waals surface area (Å²) < 4.78 is 30.0. The normalized spacial score (nSPS) is 10.5. The monoisotopic (exact) mass is 310 g/mol. The van der Waals surface area contributed by atoms with Crippen molar-refractivity contribution in [3.05, 3.63) is 41.9 Å². The van der Waals surface area contributed by atoms with Gasteiger partial charge < -0.3 is 10.1 Å². The van der Waals surface area contributed by atoms with Crippen molar-refractivity contribution < 1.29 is 23.1 Å². The molecule has 1 amide bonds. The molecular formula is C13H12F2N4O3. The Kier molecular flexibility index (Phi) is 4.77. The minimum atomic E-state index is -2.54. The fourth-order valence-corrected chi connectivity index (χ4v) is 1.65. The van der Waals surface area contributed by atoms with Crippen LogP contribution < -0.4 is 5.32 Å². The first kappa shape index (κ1) is 15.5. The molecule has 2 aromatic heterocycles. The Morgan fingerprint density at radius 1 is 1.36 bits per heavy atom. The molecule has 0 unspecified atom stereocenters. The van der Waals surface area contributed by atoms with Gasteiger partial charge in [0, 0.05) is 24.7 Å². The Morgan fingerprint density at radius 2 is 2.09 bits per heavy atom. The maximum atomic E-state index is 12.2. The Balaban J connectivity index is 2.09. The van der Waals surface area contributed by atoms with Crippen molar-refractivity contribution in [1.82, 2.24) is 14.8 Å². The number of pyridine rings is 1.